The number of aliphatic hydroxyl groups excluding tert-OH is 1. The highest BCUT2D eigenvalue weighted by atomic mass is 32.2. The first-order chi connectivity index (χ1) is 39.4. The number of piperazine rings is 1. The van der Waals surface area contributed by atoms with Crippen molar-refractivity contribution in [1.29, 1.82) is 0 Å². The molecule has 23 heteroatoms. The van der Waals surface area contributed by atoms with Crippen LogP contribution < -0.4 is 14.6 Å². The number of halogens is 3. The van der Waals surface area contributed by atoms with Crippen molar-refractivity contribution in [2.45, 2.75) is 77.7 Å². The summed E-state index contributed by atoms with van der Waals surface area (Å²) in [6.07, 6.45) is 4.96. The summed E-state index contributed by atoms with van der Waals surface area (Å²) in [6, 6.07) is 18.4. The van der Waals surface area contributed by atoms with Crippen LogP contribution in [-0.2, 0) is 20.5 Å². The Kier molecular flexibility index (Phi) is 16.4. The molecule has 3 aromatic carbocycles. The number of aryl methyl sites for hydroxylation is 1. The van der Waals surface area contributed by atoms with Crippen LogP contribution in [-0.4, -0.2) is 166 Å². The molecule has 4 fully saturated rings. The average Bonchev–Trinajstić information content (AvgIpc) is 4.51. The highest BCUT2D eigenvalue weighted by Gasteiger charge is 2.44. The molecule has 0 spiro atoms. The van der Waals surface area contributed by atoms with E-state index in [9.17, 15) is 32.3 Å². The molecule has 4 aliphatic heterocycles. The number of β-amino-alcohol motifs (C(OH)–C–C–N with tert-alkyl or cyclic N) is 1. The van der Waals surface area contributed by atoms with Gasteiger partial charge in [0, 0.05) is 86.8 Å². The van der Waals surface area contributed by atoms with E-state index in [1.165, 1.54) is 6.20 Å². The summed E-state index contributed by atoms with van der Waals surface area (Å²) in [5.41, 5.74) is 6.35. The number of pyridine rings is 1. The van der Waals surface area contributed by atoms with E-state index in [1.54, 1.807) is 34.7 Å². The number of anilines is 2. The molecule has 7 aromatic rings. The Morgan fingerprint density at radius 2 is 1.57 bits per heavy atom. The number of thiol groups is 1. The van der Waals surface area contributed by atoms with Crippen LogP contribution in [0.15, 0.2) is 90.8 Å². The Labute approximate surface area is 479 Å². The maximum atomic E-state index is 16.1. The van der Waals surface area contributed by atoms with Gasteiger partial charge in [0.15, 0.2) is 5.82 Å². The first-order valence-electron chi connectivity index (χ1n) is 27.8. The van der Waals surface area contributed by atoms with Crippen LogP contribution in [0.25, 0.3) is 43.9 Å². The fraction of sp³-hybridized carbons (Fsp3) is 0.424. The van der Waals surface area contributed by atoms with E-state index in [4.69, 9.17) is 0 Å². The molecule has 0 aliphatic carbocycles. The highest BCUT2D eigenvalue weighted by Crippen LogP contribution is 2.37. The highest BCUT2D eigenvalue weighted by molar-refractivity contribution is 7.73. The number of imidazole rings is 1. The largest absolute Gasteiger partial charge is 0.391 e. The van der Waals surface area contributed by atoms with Gasteiger partial charge in [-0.15, -0.1) is 11.3 Å². The van der Waals surface area contributed by atoms with E-state index in [1.807, 2.05) is 69.6 Å². The minimum absolute atomic E-state index is 0.00130. The number of likely N-dealkylation sites (tertiary alicyclic amines) is 2. The number of ketones is 1. The number of nitrogens with zero attached hydrogens (tertiary/aromatic N) is 9. The smallest absolute Gasteiger partial charge is 0.246 e. The number of carbonyl (C=O) groups excluding carboxylic acids is 3. The Hall–Kier alpha value is -7.02. The predicted molar refractivity (Wildman–Crippen MR) is 309 cm³/mol. The molecule has 0 bridgehead atoms. The summed E-state index contributed by atoms with van der Waals surface area (Å²) < 4.78 is 70.6. The minimum atomic E-state index is -3.49. The maximum Gasteiger partial charge on any atom is 0.246 e. The second-order valence-electron chi connectivity index (χ2n) is 23.1. The Bertz CT molecular complexity index is 3540. The zero-order valence-corrected chi connectivity index (χ0v) is 47.9. The zero-order valence-electron chi connectivity index (χ0n) is 46.2. The van der Waals surface area contributed by atoms with Crippen molar-refractivity contribution in [3.63, 3.8) is 0 Å². The van der Waals surface area contributed by atoms with Crippen molar-refractivity contribution in [3.8, 4) is 32.8 Å². The third-order valence-electron chi connectivity index (χ3n) is 16.4. The van der Waals surface area contributed by atoms with Crippen LogP contribution >= 0.6 is 11.3 Å². The molecule has 2 amide bonds. The van der Waals surface area contributed by atoms with Crippen molar-refractivity contribution < 1.29 is 41.1 Å². The van der Waals surface area contributed by atoms with Crippen LogP contribution in [0, 0.1) is 29.9 Å². The number of hydrazine groups is 1. The van der Waals surface area contributed by atoms with E-state index in [0.29, 0.717) is 39.2 Å². The number of aliphatic hydroxyl groups is 1. The lowest BCUT2D eigenvalue weighted by Gasteiger charge is -2.40. The van der Waals surface area contributed by atoms with Crippen LogP contribution in [0.4, 0.5) is 24.5 Å². The molecule has 4 aliphatic rings. The van der Waals surface area contributed by atoms with Crippen molar-refractivity contribution in [1.82, 2.24) is 49.9 Å². The zero-order chi connectivity index (χ0) is 57.6. The molecular formula is C59H67F3N12O6S2. The number of hydrogen-bond acceptors (Lipinski definition) is 14. The van der Waals surface area contributed by atoms with Crippen molar-refractivity contribution in [2.24, 2.45) is 11.3 Å². The van der Waals surface area contributed by atoms with Gasteiger partial charge in [0.25, 0.3) is 0 Å². The molecule has 0 saturated carbocycles. The van der Waals surface area contributed by atoms with Gasteiger partial charge in [-0.05, 0) is 97.6 Å². The van der Waals surface area contributed by atoms with Gasteiger partial charge in [-0.2, -0.15) is 4.41 Å². The Balaban J connectivity index is 0.652. The number of carbonyl (C=O) groups is 3. The number of benzene rings is 3. The van der Waals surface area contributed by atoms with Gasteiger partial charge in [0.2, 0.25) is 28.5 Å². The number of piperidine rings is 1. The molecule has 4 saturated heterocycles. The van der Waals surface area contributed by atoms with Gasteiger partial charge >= 0.3 is 0 Å². The third-order valence-corrected chi connectivity index (χ3v) is 18.2. The minimum Gasteiger partial charge on any atom is -0.391 e. The Morgan fingerprint density at radius 1 is 0.854 bits per heavy atom. The SMILES string of the molecule is Cc1ncsc1-c1ccc(-c2cnc([C@@H]3C[C@@H](O)CN3C(=O)[C@@H](NC(=O)CN3CCC(CN4CCN(c5ccc(-c6cnc7[nH]cc(C(=O)c8c(F)ccc(N(N9CC[C@@H](F)C9)[SH](=O)=O)c8F)c7c6)cc5)CC4)CC3)C(C)(C)C)[nH]2)cc1. The van der Waals surface area contributed by atoms with Gasteiger partial charge in [-0.1, -0.05) is 57.2 Å². The number of thiazole rings is 1. The lowest BCUT2D eigenvalue weighted by Crippen LogP contribution is -2.56. The van der Waals surface area contributed by atoms with E-state index in [0.717, 1.165) is 114 Å². The molecule has 4 N–H and O–H groups in total. The number of hydrogen-bond donors (Lipinski definition) is 5. The molecular weight excluding hydrogens is 1090 g/mol. The molecule has 18 nitrogen and oxygen atoms in total. The van der Waals surface area contributed by atoms with Crippen molar-refractivity contribution >= 4 is 62.2 Å². The normalized spacial score (nSPS) is 20.1. The average molecular weight is 1160 g/mol. The third kappa shape index (κ3) is 11.9. The summed E-state index contributed by atoms with van der Waals surface area (Å²) in [5, 5.41) is 15.4. The summed E-state index contributed by atoms with van der Waals surface area (Å²) in [4.78, 5) is 71.8. The van der Waals surface area contributed by atoms with Gasteiger partial charge in [0.1, 0.15) is 35.2 Å². The second-order valence-corrected chi connectivity index (χ2v) is 24.8. The number of alkyl halides is 1. The van der Waals surface area contributed by atoms with Crippen LogP contribution in [0.3, 0.4) is 0 Å². The lowest BCUT2D eigenvalue weighted by molar-refractivity contribution is -0.141. The molecule has 8 heterocycles. The van der Waals surface area contributed by atoms with E-state index >= 15 is 8.78 Å². The number of rotatable bonds is 16. The number of amides is 2. The van der Waals surface area contributed by atoms with Gasteiger partial charge in [0.05, 0.1) is 58.8 Å². The first-order valence-corrected chi connectivity index (χ1v) is 29.8. The summed E-state index contributed by atoms with van der Waals surface area (Å²) in [6.45, 7) is 13.8. The number of aromatic nitrogens is 5. The summed E-state index contributed by atoms with van der Waals surface area (Å²) in [7, 11) is -3.49. The van der Waals surface area contributed by atoms with Gasteiger partial charge in [-0.25, -0.2) is 41.5 Å². The molecule has 4 atom stereocenters. The predicted octanol–water partition coefficient (Wildman–Crippen LogP) is 7.55. The van der Waals surface area contributed by atoms with Crippen LogP contribution in [0.5, 0.6) is 0 Å². The number of nitrogens with one attached hydrogen (secondary N) is 3. The first kappa shape index (κ1) is 56.8. The fourth-order valence-corrected chi connectivity index (χ4v) is 13.4. The number of fused-ring (bicyclic) bond motifs is 1. The topological polar surface area (TPSA) is 207 Å². The molecule has 82 heavy (non-hydrogen) atoms. The van der Waals surface area contributed by atoms with E-state index in [-0.39, 0.29) is 50.0 Å². The lowest BCUT2D eigenvalue weighted by atomic mass is 9.85. The number of aromatic amines is 2. The summed E-state index contributed by atoms with van der Waals surface area (Å²) >= 11 is 1.60. The standard InChI is InChI=1S/C59H67F3N12O6S2/c1-35-54(81-34-66-35)39-7-5-38(6-8-39)47-29-65-57(67-47)49-26-43(75)32-73(49)58(78)55(59(2,3)4)68-50(76)33-69-18-15-36(16-19-69)30-70-21-23-71(24-22-70)42-11-9-37(10-12-42)40-25-44-45(28-64-56(44)63-27-40)53(77)51-46(61)13-14-48(52(51)62)74(82(79)80)72-20-17-41(60)31-72/h5-14,25,27-29,34,36,41,43,49,55,75,82H,15-24,26,30-33H2,1-4H3,(H,63,64)(H,65,67)(H,68,76)/t41-,43-,49+,55-/m1/s1. The second kappa shape index (κ2) is 23.7. The molecule has 4 aromatic heterocycles. The molecule has 0 radical (unpaired) electrons. The molecule has 0 unspecified atom stereocenters. The fourth-order valence-electron chi connectivity index (χ4n) is 11.9. The van der Waals surface area contributed by atoms with Gasteiger partial charge in [-0.3, -0.25) is 24.2 Å². The molecule has 11 rings (SSSR count). The van der Waals surface area contributed by atoms with Crippen molar-refractivity contribution in [3.05, 3.63) is 125 Å². The van der Waals surface area contributed by atoms with E-state index in [2.05, 4.69) is 57.1 Å². The van der Waals surface area contributed by atoms with Gasteiger partial charge < -0.3 is 30.2 Å². The van der Waals surface area contributed by atoms with Crippen LogP contribution in [0.2, 0.25) is 0 Å². The molecule has 432 valence electrons. The monoisotopic (exact) mass is 1160 g/mol. The van der Waals surface area contributed by atoms with Crippen molar-refractivity contribution in [2.75, 3.05) is 81.3 Å². The number of H-pyrrole nitrogens is 2. The quantitative estimate of drug-likeness (QED) is 0.0469. The summed E-state index contributed by atoms with van der Waals surface area (Å²) in [5.74, 6) is -2.93. The van der Waals surface area contributed by atoms with E-state index < -0.39 is 69.3 Å². The maximum absolute atomic E-state index is 16.1. The van der Waals surface area contributed by atoms with Crippen LogP contribution in [0.1, 0.15) is 79.9 Å². The Morgan fingerprint density at radius 3 is 2.24 bits per heavy atom.